The zero-order valence-corrected chi connectivity index (χ0v) is 19.9. The minimum absolute atomic E-state index is 0. The van der Waals surface area contributed by atoms with Crippen molar-refractivity contribution < 1.29 is 76.1 Å². The second-order valence-corrected chi connectivity index (χ2v) is 5.91. The molecule has 3 aromatic carbocycles. The predicted molar refractivity (Wildman–Crippen MR) is 91.4 cm³/mol. The number of alkyl halides is 2. The average molecular weight is 447 g/mol. The number of aryl methyl sites for hydroxylation is 1. The van der Waals surface area contributed by atoms with Crippen molar-refractivity contribution in [3.05, 3.63) is 88.7 Å². The molecule has 0 saturated heterocycles. The van der Waals surface area contributed by atoms with Crippen LogP contribution in [0.15, 0.2) is 60.7 Å². The Morgan fingerprint density at radius 2 is 1.46 bits per heavy atom. The largest absolute Gasteiger partial charge is 1.00 e. The van der Waals surface area contributed by atoms with E-state index in [4.69, 9.17) is 11.6 Å². The summed E-state index contributed by atoms with van der Waals surface area (Å²) < 4.78 is 46.6. The Kier molecular flexibility index (Phi) is 7.51. The van der Waals surface area contributed by atoms with E-state index in [0.717, 1.165) is 28.8 Å². The fourth-order valence-corrected chi connectivity index (χ4v) is 2.47. The molecule has 0 atom stereocenters. The minimum Gasteiger partial charge on any atom is -0.454 e. The van der Waals surface area contributed by atoms with E-state index in [1.807, 2.05) is 31.2 Å². The fourth-order valence-electron chi connectivity index (χ4n) is 2.31. The third-order valence-corrected chi connectivity index (χ3v) is 4.05. The molecule has 0 aliphatic heterocycles. The van der Waals surface area contributed by atoms with Gasteiger partial charge in [-0.15, -0.1) is 12.1 Å². The van der Waals surface area contributed by atoms with Gasteiger partial charge in [-0.1, -0.05) is 42.0 Å². The third-order valence-electron chi connectivity index (χ3n) is 3.70. The van der Waals surface area contributed by atoms with Gasteiger partial charge in [-0.05, 0) is 30.2 Å². The van der Waals surface area contributed by atoms with Gasteiger partial charge >= 0.3 is 64.3 Å². The van der Waals surface area contributed by atoms with Crippen molar-refractivity contribution in [2.45, 2.75) is 13.0 Å². The van der Waals surface area contributed by atoms with E-state index in [0.29, 0.717) is 0 Å². The van der Waals surface area contributed by atoms with Crippen LogP contribution in [0, 0.1) is 18.8 Å². The molecule has 0 unspecified atom stereocenters. The van der Waals surface area contributed by atoms with Crippen LogP contribution in [0.4, 0.5) is 13.2 Å². The quantitative estimate of drug-likeness (QED) is 0.558. The van der Waals surface area contributed by atoms with Crippen molar-refractivity contribution in [1.29, 1.82) is 0 Å². The molecule has 0 fully saturated rings. The van der Waals surface area contributed by atoms with Crippen LogP contribution < -0.4 is 62.9 Å². The first-order chi connectivity index (χ1) is 11.9. The molecule has 0 aliphatic carbocycles. The summed E-state index contributed by atoms with van der Waals surface area (Å²) in [5, 5.41) is -0.529. The first kappa shape index (κ1) is 21.6. The fraction of sp³-hybridized carbons (Fsp3) is 0.100. The van der Waals surface area contributed by atoms with Crippen LogP contribution in [0.3, 0.4) is 0 Å². The molecular weight excluding hydrogens is 434 g/mol. The van der Waals surface area contributed by atoms with E-state index in [1.165, 1.54) is 12.1 Å². The summed E-state index contributed by atoms with van der Waals surface area (Å²) in [6, 6.07) is 17.9. The smallest absolute Gasteiger partial charge is 0.454 e. The van der Waals surface area contributed by atoms with E-state index in [2.05, 4.69) is 10.8 Å². The van der Waals surface area contributed by atoms with Gasteiger partial charge in [0.15, 0.2) is 0 Å². The van der Waals surface area contributed by atoms with E-state index >= 15 is 0 Å². The molecule has 0 radical (unpaired) electrons. The summed E-state index contributed by atoms with van der Waals surface area (Å²) in [5.74, 6) is -1.38. The van der Waals surface area contributed by atoms with Gasteiger partial charge in [-0.25, -0.2) is 4.39 Å². The summed E-state index contributed by atoms with van der Waals surface area (Å²) >= 11 is 5.64. The molecule has 0 amide bonds. The van der Waals surface area contributed by atoms with Crippen molar-refractivity contribution in [2.75, 3.05) is 0 Å². The number of rotatable bonds is 4. The molecule has 1 nitrogen and oxygen atoms in total. The van der Waals surface area contributed by atoms with Crippen LogP contribution in [0.25, 0.3) is 11.1 Å². The Morgan fingerprint density at radius 1 is 0.923 bits per heavy atom. The van der Waals surface area contributed by atoms with Gasteiger partial charge in [0.1, 0.15) is 0 Å². The van der Waals surface area contributed by atoms with E-state index in [9.17, 15) is 13.2 Å². The van der Waals surface area contributed by atoms with Gasteiger partial charge in [-0.2, -0.15) is 26.4 Å². The molecular formula is C20H13ClF3ORb. The Bertz CT molecular complexity index is 881. The molecule has 0 saturated carbocycles. The summed E-state index contributed by atoms with van der Waals surface area (Å²) in [5.41, 5.74) is 2.49. The molecule has 0 heterocycles. The summed E-state index contributed by atoms with van der Waals surface area (Å²) in [6.07, 6.45) is -3.65. The molecule has 0 N–H and O–H groups in total. The normalized spacial score (nSPS) is 11.0. The van der Waals surface area contributed by atoms with Gasteiger partial charge in [0.25, 0.3) is 0 Å². The second kappa shape index (κ2) is 9.02. The molecule has 3 aromatic rings. The molecule has 3 rings (SSSR count). The zero-order valence-electron chi connectivity index (χ0n) is 14.2. The van der Waals surface area contributed by atoms with Crippen LogP contribution >= 0.6 is 11.6 Å². The van der Waals surface area contributed by atoms with Gasteiger partial charge in [0.05, 0.1) is 5.56 Å². The first-order valence-corrected chi connectivity index (χ1v) is 7.85. The Labute approximate surface area is 203 Å². The topological polar surface area (TPSA) is 9.23 Å². The Hall–Kier alpha value is -0.655. The molecule has 0 spiro atoms. The molecule has 6 heteroatoms. The molecule has 0 aromatic heterocycles. The van der Waals surface area contributed by atoms with Gasteiger partial charge in [0, 0.05) is 16.6 Å². The van der Waals surface area contributed by atoms with E-state index in [-0.39, 0.29) is 63.8 Å². The number of ether oxygens (including phenoxy) is 1. The minimum atomic E-state index is -3.65. The van der Waals surface area contributed by atoms with Crippen molar-refractivity contribution in [3.8, 4) is 16.9 Å². The third kappa shape index (κ3) is 4.99. The summed E-state index contributed by atoms with van der Waals surface area (Å²) in [4.78, 5) is 0. The van der Waals surface area contributed by atoms with Gasteiger partial charge in [-0.3, -0.25) is 0 Å². The first-order valence-electron chi connectivity index (χ1n) is 7.47. The van der Waals surface area contributed by atoms with Gasteiger partial charge in [0.2, 0.25) is 0 Å². The summed E-state index contributed by atoms with van der Waals surface area (Å²) in [7, 11) is 0. The number of hydrogen-bond acceptors (Lipinski definition) is 1. The van der Waals surface area contributed by atoms with Crippen LogP contribution in [-0.2, 0) is 6.11 Å². The molecule has 26 heavy (non-hydrogen) atoms. The Morgan fingerprint density at radius 3 is 2.04 bits per heavy atom. The van der Waals surface area contributed by atoms with Crippen LogP contribution in [0.1, 0.15) is 11.1 Å². The van der Waals surface area contributed by atoms with Crippen molar-refractivity contribution >= 4 is 11.6 Å². The molecule has 0 aliphatic rings. The average Bonchev–Trinajstić information content (AvgIpc) is 2.60. The predicted octanol–water partition coefficient (Wildman–Crippen LogP) is 3.39. The van der Waals surface area contributed by atoms with Crippen LogP contribution in [0.5, 0.6) is 5.75 Å². The SMILES string of the molecule is Cc1ccc(-c2ccc(C(F)(F)Oc3cc[c-]c(F)c3Cl)cc2)cc1.[Rb+]. The van der Waals surface area contributed by atoms with Crippen molar-refractivity contribution in [3.63, 3.8) is 0 Å². The maximum absolute atomic E-state index is 14.3. The Balaban J connectivity index is 0.00000243. The number of hydrogen-bond donors (Lipinski definition) is 0. The zero-order chi connectivity index (χ0) is 18.0. The molecule has 128 valence electrons. The standard InChI is InChI=1S/C20H13ClF3O.Rb/c1-13-5-7-14(8-6-13)15-9-11-16(12-10-15)20(23,24)25-18-4-2-3-17(22)19(18)21;/h2,4-12H,1H3;/q-1;+1. The molecule has 0 bridgehead atoms. The second-order valence-electron chi connectivity index (χ2n) is 5.53. The van der Waals surface area contributed by atoms with E-state index < -0.39 is 22.7 Å². The van der Waals surface area contributed by atoms with E-state index in [1.54, 1.807) is 12.1 Å². The number of benzene rings is 3. The maximum Gasteiger partial charge on any atom is 1.00 e. The monoisotopic (exact) mass is 446 g/mol. The van der Waals surface area contributed by atoms with Gasteiger partial charge < -0.3 is 4.74 Å². The summed E-state index contributed by atoms with van der Waals surface area (Å²) in [6.45, 7) is 1.97. The van der Waals surface area contributed by atoms with Crippen LogP contribution in [0.2, 0.25) is 5.02 Å². The van der Waals surface area contributed by atoms with Crippen molar-refractivity contribution in [1.82, 2.24) is 0 Å². The maximum atomic E-state index is 14.3. The number of halogens is 4. The van der Waals surface area contributed by atoms with Crippen molar-refractivity contribution in [2.24, 2.45) is 0 Å². The van der Waals surface area contributed by atoms with Crippen LogP contribution in [-0.4, -0.2) is 0 Å².